The fourth-order valence-corrected chi connectivity index (χ4v) is 1.37. The maximum absolute atomic E-state index is 12.2. The summed E-state index contributed by atoms with van der Waals surface area (Å²) in [6.45, 7) is 0. The van der Waals surface area contributed by atoms with Crippen LogP contribution in [0.5, 0.6) is 0 Å². The minimum Gasteiger partial charge on any atom is -0.298 e. The van der Waals surface area contributed by atoms with Crippen molar-refractivity contribution in [1.29, 1.82) is 0 Å². The molecule has 1 aromatic rings. The zero-order valence-electron chi connectivity index (χ0n) is 7.68. The number of benzene rings is 1. The average Bonchev–Trinajstić information content (AvgIpc) is 2.17. The summed E-state index contributed by atoms with van der Waals surface area (Å²) in [5.41, 5.74) is -0.604. The number of hydrogen-bond acceptors (Lipinski definition) is 1. The first-order chi connectivity index (χ1) is 7.36. The molecule has 0 spiro atoms. The van der Waals surface area contributed by atoms with E-state index < -0.39 is 11.7 Å². The SMILES string of the molecule is O=CC(=C(Cl)Cl)c1ccc(C(F)(F)F)cc1. The van der Waals surface area contributed by atoms with E-state index in [2.05, 4.69) is 0 Å². The number of alkyl halides is 3. The van der Waals surface area contributed by atoms with Crippen LogP contribution in [-0.2, 0) is 11.0 Å². The van der Waals surface area contributed by atoms with Crippen molar-refractivity contribution in [2.45, 2.75) is 6.18 Å². The molecule has 0 N–H and O–H groups in total. The van der Waals surface area contributed by atoms with Gasteiger partial charge in [0.1, 0.15) is 4.49 Å². The molecular formula is C10H5Cl2F3O. The van der Waals surface area contributed by atoms with Crippen molar-refractivity contribution in [3.63, 3.8) is 0 Å². The number of allylic oxidation sites excluding steroid dienone is 1. The largest absolute Gasteiger partial charge is 0.416 e. The van der Waals surface area contributed by atoms with E-state index in [1.54, 1.807) is 0 Å². The van der Waals surface area contributed by atoms with Crippen LogP contribution in [0.3, 0.4) is 0 Å². The molecule has 0 saturated heterocycles. The van der Waals surface area contributed by atoms with Crippen LogP contribution in [0.15, 0.2) is 28.8 Å². The van der Waals surface area contributed by atoms with E-state index in [1.807, 2.05) is 0 Å². The van der Waals surface area contributed by atoms with E-state index in [0.717, 1.165) is 24.3 Å². The Balaban J connectivity index is 3.14. The van der Waals surface area contributed by atoms with Gasteiger partial charge in [0, 0.05) is 0 Å². The van der Waals surface area contributed by atoms with Crippen LogP contribution in [0.1, 0.15) is 11.1 Å². The van der Waals surface area contributed by atoms with Gasteiger partial charge >= 0.3 is 6.18 Å². The van der Waals surface area contributed by atoms with Crippen molar-refractivity contribution in [3.8, 4) is 0 Å². The van der Waals surface area contributed by atoms with Crippen molar-refractivity contribution >= 4 is 35.1 Å². The number of aldehydes is 1. The van der Waals surface area contributed by atoms with Crippen molar-refractivity contribution < 1.29 is 18.0 Å². The second kappa shape index (κ2) is 4.89. The van der Waals surface area contributed by atoms with Gasteiger partial charge in [-0.3, -0.25) is 4.79 Å². The minimum atomic E-state index is -4.41. The lowest BCUT2D eigenvalue weighted by atomic mass is 10.1. The molecular weight excluding hydrogens is 264 g/mol. The molecule has 1 nitrogen and oxygen atoms in total. The van der Waals surface area contributed by atoms with Crippen molar-refractivity contribution in [3.05, 3.63) is 39.9 Å². The van der Waals surface area contributed by atoms with Gasteiger partial charge in [-0.15, -0.1) is 0 Å². The van der Waals surface area contributed by atoms with Crippen LogP contribution >= 0.6 is 23.2 Å². The van der Waals surface area contributed by atoms with Crippen LogP contribution in [0.4, 0.5) is 13.2 Å². The van der Waals surface area contributed by atoms with Crippen LogP contribution in [0, 0.1) is 0 Å². The first kappa shape index (κ1) is 13.1. The van der Waals surface area contributed by atoms with Crippen LogP contribution in [-0.4, -0.2) is 6.29 Å². The highest BCUT2D eigenvalue weighted by atomic mass is 35.5. The average molecular weight is 269 g/mol. The Morgan fingerprint density at radius 2 is 1.62 bits per heavy atom. The number of carbonyl (C=O) groups is 1. The quantitative estimate of drug-likeness (QED) is 0.584. The Labute approximate surface area is 99.5 Å². The number of carbonyl (C=O) groups excluding carboxylic acids is 1. The van der Waals surface area contributed by atoms with Crippen LogP contribution in [0.25, 0.3) is 5.57 Å². The highest BCUT2D eigenvalue weighted by Gasteiger charge is 2.30. The molecule has 1 aromatic carbocycles. The lowest BCUT2D eigenvalue weighted by Crippen LogP contribution is -2.04. The van der Waals surface area contributed by atoms with Crippen LogP contribution in [0.2, 0.25) is 0 Å². The van der Waals surface area contributed by atoms with Gasteiger partial charge in [-0.05, 0) is 17.7 Å². The van der Waals surface area contributed by atoms with E-state index in [0.29, 0.717) is 6.29 Å². The Bertz CT molecular complexity index is 417. The topological polar surface area (TPSA) is 17.1 Å². The molecule has 0 heterocycles. The molecule has 6 heteroatoms. The van der Waals surface area contributed by atoms with Gasteiger partial charge in [-0.1, -0.05) is 35.3 Å². The maximum Gasteiger partial charge on any atom is 0.416 e. The van der Waals surface area contributed by atoms with Gasteiger partial charge in [0.15, 0.2) is 6.29 Å². The van der Waals surface area contributed by atoms with Gasteiger partial charge in [-0.2, -0.15) is 13.2 Å². The molecule has 0 aromatic heterocycles. The van der Waals surface area contributed by atoms with Crippen molar-refractivity contribution in [2.24, 2.45) is 0 Å². The van der Waals surface area contributed by atoms with Gasteiger partial charge in [0.25, 0.3) is 0 Å². The third-order valence-electron chi connectivity index (χ3n) is 1.84. The number of hydrogen-bond donors (Lipinski definition) is 0. The zero-order valence-corrected chi connectivity index (χ0v) is 9.20. The molecule has 0 bridgehead atoms. The Hall–Kier alpha value is -1.00. The monoisotopic (exact) mass is 268 g/mol. The van der Waals surface area contributed by atoms with Crippen molar-refractivity contribution in [2.75, 3.05) is 0 Å². The second-order valence-corrected chi connectivity index (χ2v) is 3.82. The number of rotatable bonds is 2. The summed E-state index contributed by atoms with van der Waals surface area (Å²) in [6.07, 6.45) is -4.02. The fraction of sp³-hybridized carbons (Fsp3) is 0.100. The second-order valence-electron chi connectivity index (χ2n) is 2.87. The molecule has 0 saturated carbocycles. The molecule has 16 heavy (non-hydrogen) atoms. The standard InChI is InChI=1S/C10H5Cl2F3O/c11-9(12)8(5-16)6-1-3-7(4-2-6)10(13,14)15/h1-5H. The summed E-state index contributed by atoms with van der Waals surface area (Å²) in [6, 6.07) is 3.99. The third kappa shape index (κ3) is 3.00. The maximum atomic E-state index is 12.2. The molecule has 1 rings (SSSR count). The smallest absolute Gasteiger partial charge is 0.298 e. The van der Waals surface area contributed by atoms with E-state index in [-0.39, 0.29) is 15.6 Å². The third-order valence-corrected chi connectivity index (χ3v) is 2.25. The molecule has 0 amide bonds. The molecule has 0 aliphatic heterocycles. The lowest BCUT2D eigenvalue weighted by Gasteiger charge is -2.07. The highest BCUT2D eigenvalue weighted by Crippen LogP contribution is 2.30. The van der Waals surface area contributed by atoms with Gasteiger partial charge in [0.05, 0.1) is 11.1 Å². The summed E-state index contributed by atoms with van der Waals surface area (Å²) in [4.78, 5) is 10.6. The molecule has 0 unspecified atom stereocenters. The van der Waals surface area contributed by atoms with Gasteiger partial charge in [-0.25, -0.2) is 0 Å². The van der Waals surface area contributed by atoms with E-state index >= 15 is 0 Å². The summed E-state index contributed by atoms with van der Waals surface area (Å²) in [5.74, 6) is 0. The van der Waals surface area contributed by atoms with Gasteiger partial charge in [0.2, 0.25) is 0 Å². The molecule has 0 atom stereocenters. The van der Waals surface area contributed by atoms with E-state index in [9.17, 15) is 18.0 Å². The predicted molar refractivity (Wildman–Crippen MR) is 56.1 cm³/mol. The Kier molecular flexibility index (Phi) is 3.99. The van der Waals surface area contributed by atoms with E-state index in [1.165, 1.54) is 0 Å². The molecule has 0 radical (unpaired) electrons. The zero-order chi connectivity index (χ0) is 12.3. The molecule has 0 fully saturated rings. The van der Waals surface area contributed by atoms with Crippen molar-refractivity contribution in [1.82, 2.24) is 0 Å². The molecule has 0 aliphatic rings. The predicted octanol–water partition coefficient (Wildman–Crippen LogP) is 4.05. The Morgan fingerprint density at radius 3 is 1.94 bits per heavy atom. The summed E-state index contributed by atoms with van der Waals surface area (Å²) >= 11 is 10.8. The van der Waals surface area contributed by atoms with E-state index in [4.69, 9.17) is 23.2 Å². The summed E-state index contributed by atoms with van der Waals surface area (Å²) in [7, 11) is 0. The molecule has 0 aliphatic carbocycles. The highest BCUT2D eigenvalue weighted by molar-refractivity contribution is 6.60. The van der Waals surface area contributed by atoms with Crippen LogP contribution < -0.4 is 0 Å². The minimum absolute atomic E-state index is 0.0444. The summed E-state index contributed by atoms with van der Waals surface area (Å²) < 4.78 is 36.4. The van der Waals surface area contributed by atoms with Gasteiger partial charge < -0.3 is 0 Å². The fourth-order valence-electron chi connectivity index (χ4n) is 1.06. The normalized spacial score (nSPS) is 11.1. The summed E-state index contributed by atoms with van der Waals surface area (Å²) in [5, 5.41) is 0. The first-order valence-corrected chi connectivity index (χ1v) is 4.80. The Morgan fingerprint density at radius 1 is 1.12 bits per heavy atom. The number of halogens is 5. The molecule has 86 valence electrons. The lowest BCUT2D eigenvalue weighted by molar-refractivity contribution is -0.137. The first-order valence-electron chi connectivity index (χ1n) is 4.04.